The van der Waals surface area contributed by atoms with Gasteiger partial charge in [0.25, 0.3) is 0 Å². The molecule has 7 heteroatoms. The summed E-state index contributed by atoms with van der Waals surface area (Å²) in [5, 5.41) is 12.5. The highest BCUT2D eigenvalue weighted by molar-refractivity contribution is 9.09. The highest BCUT2D eigenvalue weighted by Gasteiger charge is 2.11. The monoisotopic (exact) mass is 312 g/mol. The van der Waals surface area contributed by atoms with E-state index in [0.29, 0.717) is 6.54 Å². The average molecular weight is 313 g/mol. The normalized spacial score (nSPS) is 12.8. The van der Waals surface area contributed by atoms with E-state index in [1.165, 1.54) is 0 Å². The molecule has 1 unspecified atom stereocenters. The third kappa shape index (κ3) is 2.95. The van der Waals surface area contributed by atoms with Gasteiger partial charge in [-0.3, -0.25) is 0 Å². The van der Waals surface area contributed by atoms with E-state index in [1.807, 2.05) is 10.9 Å². The van der Waals surface area contributed by atoms with Gasteiger partial charge in [-0.1, -0.05) is 35.0 Å². The third-order valence-corrected chi connectivity index (χ3v) is 3.79. The summed E-state index contributed by atoms with van der Waals surface area (Å²) in [5.74, 6) is 0.913. The van der Waals surface area contributed by atoms with Gasteiger partial charge in [-0.15, -0.1) is 5.10 Å². The van der Waals surface area contributed by atoms with Gasteiger partial charge in [0, 0.05) is 6.54 Å². The number of aromatic nitrogens is 6. The van der Waals surface area contributed by atoms with Gasteiger partial charge < -0.3 is 0 Å². The summed E-state index contributed by atoms with van der Waals surface area (Å²) in [6, 6.07) is 0. The Hall–Kier alpha value is -1.24. The number of nitrogens with zero attached hydrogens (tertiary/aromatic N) is 6. The number of aryl methyl sites for hydroxylation is 1. The van der Waals surface area contributed by atoms with Crippen LogP contribution in [0, 0.1) is 0 Å². The fourth-order valence-electron chi connectivity index (χ4n) is 1.70. The second-order valence-corrected chi connectivity index (χ2v) is 5.22. The first kappa shape index (κ1) is 13.2. The molecule has 0 aromatic carbocycles. The van der Waals surface area contributed by atoms with Crippen LogP contribution in [-0.2, 0) is 13.1 Å². The summed E-state index contributed by atoms with van der Waals surface area (Å²) in [6.45, 7) is 5.72. The van der Waals surface area contributed by atoms with E-state index >= 15 is 0 Å². The minimum atomic E-state index is 0.264. The fraction of sp³-hybridized carbons (Fsp3) is 0.636. The molecule has 2 aromatic rings. The average Bonchev–Trinajstić information content (AvgIpc) is 3.00. The maximum atomic E-state index is 4.26. The summed E-state index contributed by atoms with van der Waals surface area (Å²) in [6.07, 6.45) is 5.57. The molecular formula is C11H17BrN6. The van der Waals surface area contributed by atoms with E-state index in [-0.39, 0.29) is 4.83 Å². The quantitative estimate of drug-likeness (QED) is 0.767. The Morgan fingerprint density at radius 3 is 2.94 bits per heavy atom. The molecule has 98 valence electrons. The zero-order valence-corrected chi connectivity index (χ0v) is 12.2. The minimum Gasteiger partial charge on any atom is -0.248 e. The van der Waals surface area contributed by atoms with Crippen LogP contribution in [0.2, 0.25) is 0 Å². The Kier molecular flexibility index (Phi) is 4.46. The van der Waals surface area contributed by atoms with Gasteiger partial charge in [-0.05, 0) is 12.8 Å². The molecule has 0 radical (unpaired) electrons. The van der Waals surface area contributed by atoms with Crippen molar-refractivity contribution in [2.24, 2.45) is 0 Å². The molecule has 0 aliphatic heterocycles. The van der Waals surface area contributed by atoms with Gasteiger partial charge in [-0.2, -0.15) is 5.10 Å². The lowest BCUT2D eigenvalue weighted by Gasteiger charge is -2.03. The summed E-state index contributed by atoms with van der Waals surface area (Å²) in [5.41, 5.74) is 0.957. The predicted octanol–water partition coefficient (Wildman–Crippen LogP) is 2.17. The van der Waals surface area contributed by atoms with E-state index in [1.54, 1.807) is 11.0 Å². The van der Waals surface area contributed by atoms with Crippen molar-refractivity contribution < 1.29 is 0 Å². The van der Waals surface area contributed by atoms with Gasteiger partial charge >= 0.3 is 0 Å². The van der Waals surface area contributed by atoms with Crippen molar-refractivity contribution in [3.63, 3.8) is 0 Å². The minimum absolute atomic E-state index is 0.264. The molecule has 0 amide bonds. The number of hydrogen-bond acceptors (Lipinski definition) is 4. The SMILES string of the molecule is CCCn1ncnc1Cn1cc(C(Br)CC)nn1. The highest BCUT2D eigenvalue weighted by Crippen LogP contribution is 2.23. The predicted molar refractivity (Wildman–Crippen MR) is 71.4 cm³/mol. The van der Waals surface area contributed by atoms with Crippen LogP contribution >= 0.6 is 15.9 Å². The van der Waals surface area contributed by atoms with E-state index < -0.39 is 0 Å². The Morgan fingerprint density at radius 2 is 2.22 bits per heavy atom. The Labute approximate surface area is 115 Å². The van der Waals surface area contributed by atoms with Gasteiger partial charge in [0.15, 0.2) is 0 Å². The molecule has 0 saturated heterocycles. The molecule has 2 rings (SSSR count). The van der Waals surface area contributed by atoms with Crippen LogP contribution in [-0.4, -0.2) is 29.8 Å². The molecule has 2 aromatic heterocycles. The summed E-state index contributed by atoms with van der Waals surface area (Å²) < 4.78 is 3.71. The van der Waals surface area contributed by atoms with Crippen LogP contribution in [0.4, 0.5) is 0 Å². The molecule has 0 N–H and O–H groups in total. The number of halogens is 1. The van der Waals surface area contributed by atoms with Gasteiger partial charge in [0.05, 0.1) is 16.7 Å². The molecule has 0 aliphatic rings. The molecule has 0 bridgehead atoms. The molecule has 0 spiro atoms. The van der Waals surface area contributed by atoms with Crippen LogP contribution in [0.15, 0.2) is 12.5 Å². The number of rotatable bonds is 6. The largest absolute Gasteiger partial charge is 0.248 e. The summed E-state index contributed by atoms with van der Waals surface area (Å²) in [4.78, 5) is 4.52. The first-order chi connectivity index (χ1) is 8.74. The fourth-order valence-corrected chi connectivity index (χ4v) is 1.91. The van der Waals surface area contributed by atoms with Crippen molar-refractivity contribution >= 4 is 15.9 Å². The maximum Gasteiger partial charge on any atom is 0.148 e. The first-order valence-electron chi connectivity index (χ1n) is 6.15. The van der Waals surface area contributed by atoms with Crippen molar-refractivity contribution in [3.05, 3.63) is 24.0 Å². The lowest BCUT2D eigenvalue weighted by molar-refractivity contribution is 0.532. The topological polar surface area (TPSA) is 61.4 Å². The van der Waals surface area contributed by atoms with Crippen molar-refractivity contribution in [1.29, 1.82) is 0 Å². The van der Waals surface area contributed by atoms with Crippen LogP contribution < -0.4 is 0 Å². The Balaban J connectivity index is 2.09. The van der Waals surface area contributed by atoms with E-state index in [0.717, 1.165) is 30.9 Å². The molecule has 1 atom stereocenters. The smallest absolute Gasteiger partial charge is 0.148 e. The molecule has 6 nitrogen and oxygen atoms in total. The zero-order chi connectivity index (χ0) is 13.0. The van der Waals surface area contributed by atoms with E-state index in [2.05, 4.69) is 50.2 Å². The van der Waals surface area contributed by atoms with E-state index in [4.69, 9.17) is 0 Å². The molecular weight excluding hydrogens is 296 g/mol. The van der Waals surface area contributed by atoms with Crippen molar-refractivity contribution in [2.75, 3.05) is 0 Å². The van der Waals surface area contributed by atoms with E-state index in [9.17, 15) is 0 Å². The summed E-state index contributed by atoms with van der Waals surface area (Å²) in [7, 11) is 0. The second-order valence-electron chi connectivity index (χ2n) is 4.12. The molecule has 0 fully saturated rings. The first-order valence-corrected chi connectivity index (χ1v) is 7.07. The highest BCUT2D eigenvalue weighted by atomic mass is 79.9. The molecule has 0 aliphatic carbocycles. The lowest BCUT2D eigenvalue weighted by Crippen LogP contribution is -2.10. The van der Waals surface area contributed by atoms with Gasteiger partial charge in [0.2, 0.25) is 0 Å². The third-order valence-electron chi connectivity index (χ3n) is 2.67. The standard InChI is InChI=1S/C11H17BrN6/c1-3-5-18-11(13-8-14-18)7-17-6-10(15-16-17)9(12)4-2/h6,8-9H,3-5,7H2,1-2H3. The molecule has 2 heterocycles. The summed E-state index contributed by atoms with van der Waals surface area (Å²) >= 11 is 3.57. The van der Waals surface area contributed by atoms with Crippen LogP contribution in [0.25, 0.3) is 0 Å². The van der Waals surface area contributed by atoms with Gasteiger partial charge in [-0.25, -0.2) is 14.3 Å². The van der Waals surface area contributed by atoms with Gasteiger partial charge in [0.1, 0.15) is 18.7 Å². The molecule has 18 heavy (non-hydrogen) atoms. The van der Waals surface area contributed by atoms with Crippen LogP contribution in [0.1, 0.15) is 43.0 Å². The van der Waals surface area contributed by atoms with Crippen LogP contribution in [0.5, 0.6) is 0 Å². The number of hydrogen-bond donors (Lipinski definition) is 0. The maximum absolute atomic E-state index is 4.26. The zero-order valence-electron chi connectivity index (χ0n) is 10.6. The Bertz CT molecular complexity index is 491. The second kappa shape index (κ2) is 6.08. The van der Waals surface area contributed by atoms with Crippen molar-refractivity contribution in [3.8, 4) is 0 Å². The van der Waals surface area contributed by atoms with Crippen LogP contribution in [0.3, 0.4) is 0 Å². The number of alkyl halides is 1. The van der Waals surface area contributed by atoms with Crippen molar-refractivity contribution in [1.82, 2.24) is 29.8 Å². The Morgan fingerprint density at radius 1 is 1.39 bits per heavy atom. The van der Waals surface area contributed by atoms with Crippen molar-refractivity contribution in [2.45, 2.75) is 44.6 Å². The lowest BCUT2D eigenvalue weighted by atomic mass is 10.3. The molecule has 0 saturated carbocycles.